The number of rotatable bonds is 12. The Hall–Kier alpha value is -3.75. The summed E-state index contributed by atoms with van der Waals surface area (Å²) < 4.78 is 0. The molecule has 3 aliphatic heterocycles. The number of carbonyl (C=O) groups is 6. The minimum absolute atomic E-state index is 0.0966. The Balaban J connectivity index is 1.61. The molecule has 0 unspecified atom stereocenters. The molecule has 0 bridgehead atoms. The van der Waals surface area contributed by atoms with Gasteiger partial charge in [0.2, 0.25) is 29.5 Å². The molecule has 3 fully saturated rings. The average Bonchev–Trinajstić information content (AvgIpc) is 3.72. The van der Waals surface area contributed by atoms with Crippen molar-refractivity contribution in [3.05, 3.63) is 0 Å². The number of carbonyl (C=O) groups excluding carboxylic acids is 6. The highest BCUT2D eigenvalue weighted by atomic mass is 16.2. The number of nitrogens with two attached hydrogens (primary N) is 3. The van der Waals surface area contributed by atoms with Crippen LogP contribution >= 0.6 is 0 Å². The van der Waals surface area contributed by atoms with E-state index in [-0.39, 0.29) is 43.8 Å². The lowest BCUT2D eigenvalue weighted by atomic mass is 10.1. The standard InChI is InChI=1S/C25H41N9O6/c26-13-20(36)33-11-3-7-18(33)23(39)31-17(6-1-9-29-25(27)28)22(38)30-14-21(37)34-12-4-8-19(34)24(40)32-10-2-5-16(32)15-35/h15-19H,1-14,26H2,(H,30,38)(H,31,39)(H4,27,28,29)/t16-,17-,18-,19-/m0/s1. The molecule has 3 saturated heterocycles. The van der Waals surface area contributed by atoms with Crippen molar-refractivity contribution in [3.8, 4) is 0 Å². The summed E-state index contributed by atoms with van der Waals surface area (Å²) in [6.07, 6.45) is 4.89. The van der Waals surface area contributed by atoms with Gasteiger partial charge in [0.25, 0.3) is 0 Å². The van der Waals surface area contributed by atoms with E-state index in [0.717, 1.165) is 12.7 Å². The summed E-state index contributed by atoms with van der Waals surface area (Å²) >= 11 is 0. The van der Waals surface area contributed by atoms with Crippen LogP contribution in [0.2, 0.25) is 0 Å². The maximum absolute atomic E-state index is 13.1. The van der Waals surface area contributed by atoms with Crippen LogP contribution in [0.15, 0.2) is 4.99 Å². The molecular weight excluding hydrogens is 522 g/mol. The predicted molar refractivity (Wildman–Crippen MR) is 144 cm³/mol. The molecule has 3 heterocycles. The first-order valence-electron chi connectivity index (χ1n) is 13.9. The number of nitrogens with one attached hydrogen (secondary N) is 2. The highest BCUT2D eigenvalue weighted by molar-refractivity contribution is 5.95. The number of guanidine groups is 1. The summed E-state index contributed by atoms with van der Waals surface area (Å²) in [5, 5.41) is 5.30. The number of hydrogen-bond acceptors (Lipinski definition) is 8. The number of aliphatic imine (C=N–C) groups is 1. The van der Waals surface area contributed by atoms with E-state index in [4.69, 9.17) is 17.2 Å². The zero-order chi connectivity index (χ0) is 29.2. The molecular formula is C25H41N9O6. The summed E-state index contributed by atoms with van der Waals surface area (Å²) in [4.78, 5) is 84.1. The van der Waals surface area contributed by atoms with Crippen molar-refractivity contribution < 1.29 is 28.8 Å². The first-order chi connectivity index (χ1) is 19.2. The van der Waals surface area contributed by atoms with Gasteiger partial charge in [-0.1, -0.05) is 0 Å². The molecule has 0 aromatic rings. The number of likely N-dealkylation sites (tertiary alicyclic amines) is 3. The van der Waals surface area contributed by atoms with Crippen LogP contribution in [0.1, 0.15) is 51.4 Å². The molecule has 0 aliphatic carbocycles. The van der Waals surface area contributed by atoms with Gasteiger partial charge in [0, 0.05) is 26.2 Å². The van der Waals surface area contributed by atoms with Crippen molar-refractivity contribution >= 4 is 41.8 Å². The quantitative estimate of drug-likeness (QED) is 0.0695. The maximum atomic E-state index is 13.1. The fourth-order valence-corrected chi connectivity index (χ4v) is 5.60. The van der Waals surface area contributed by atoms with Gasteiger partial charge in [-0.3, -0.25) is 29.0 Å². The van der Waals surface area contributed by atoms with Crippen molar-refractivity contribution in [1.29, 1.82) is 0 Å². The van der Waals surface area contributed by atoms with Gasteiger partial charge < -0.3 is 47.3 Å². The third-order valence-corrected chi connectivity index (χ3v) is 7.64. The minimum Gasteiger partial charge on any atom is -0.370 e. The molecule has 3 aliphatic rings. The highest BCUT2D eigenvalue weighted by Crippen LogP contribution is 2.24. The van der Waals surface area contributed by atoms with Crippen molar-refractivity contribution in [2.24, 2.45) is 22.2 Å². The van der Waals surface area contributed by atoms with Crippen LogP contribution in [0, 0.1) is 0 Å². The molecule has 8 N–H and O–H groups in total. The van der Waals surface area contributed by atoms with Crippen LogP contribution in [0.25, 0.3) is 0 Å². The van der Waals surface area contributed by atoms with Crippen LogP contribution in [-0.2, 0) is 28.8 Å². The van der Waals surface area contributed by atoms with E-state index in [0.29, 0.717) is 58.2 Å². The molecule has 0 radical (unpaired) electrons. The molecule has 0 spiro atoms. The van der Waals surface area contributed by atoms with E-state index in [1.165, 1.54) is 14.7 Å². The summed E-state index contributed by atoms with van der Waals surface area (Å²) in [7, 11) is 0. The van der Waals surface area contributed by atoms with E-state index < -0.39 is 41.9 Å². The molecule has 0 aromatic heterocycles. The second-order valence-corrected chi connectivity index (χ2v) is 10.3. The van der Waals surface area contributed by atoms with Crippen molar-refractivity contribution in [1.82, 2.24) is 25.3 Å². The Morgan fingerprint density at radius 3 is 2.17 bits per heavy atom. The van der Waals surface area contributed by atoms with Gasteiger partial charge in [0.1, 0.15) is 24.4 Å². The topological polar surface area (TPSA) is 227 Å². The van der Waals surface area contributed by atoms with Gasteiger partial charge in [-0.2, -0.15) is 0 Å². The number of hydrogen-bond donors (Lipinski definition) is 5. The van der Waals surface area contributed by atoms with E-state index in [1.54, 1.807) is 0 Å². The molecule has 5 amide bonds. The SMILES string of the molecule is NCC(=O)N1CCC[C@H]1C(=O)N[C@@H](CCCN=C(N)N)C(=O)NCC(=O)N1CCC[C@H]1C(=O)N1CCC[C@H]1C=O. The van der Waals surface area contributed by atoms with Crippen molar-refractivity contribution in [2.45, 2.75) is 75.5 Å². The lowest BCUT2D eigenvalue weighted by Crippen LogP contribution is -2.55. The zero-order valence-electron chi connectivity index (χ0n) is 22.8. The van der Waals surface area contributed by atoms with Crippen LogP contribution in [0.4, 0.5) is 0 Å². The Kier molecular flexibility index (Phi) is 11.2. The van der Waals surface area contributed by atoms with E-state index in [9.17, 15) is 28.8 Å². The monoisotopic (exact) mass is 563 g/mol. The second kappa shape index (κ2) is 14.6. The van der Waals surface area contributed by atoms with Gasteiger partial charge in [0.05, 0.1) is 19.1 Å². The van der Waals surface area contributed by atoms with E-state index in [2.05, 4.69) is 15.6 Å². The molecule has 3 rings (SSSR count). The van der Waals surface area contributed by atoms with Crippen LogP contribution in [0.3, 0.4) is 0 Å². The second-order valence-electron chi connectivity index (χ2n) is 10.3. The fourth-order valence-electron chi connectivity index (χ4n) is 5.60. The predicted octanol–water partition coefficient (Wildman–Crippen LogP) is -3.23. The minimum atomic E-state index is -1.00. The Morgan fingerprint density at radius 2 is 1.52 bits per heavy atom. The lowest BCUT2D eigenvalue weighted by Gasteiger charge is -2.30. The van der Waals surface area contributed by atoms with Crippen LogP contribution < -0.4 is 27.8 Å². The van der Waals surface area contributed by atoms with Gasteiger partial charge in [-0.15, -0.1) is 0 Å². The summed E-state index contributed by atoms with van der Waals surface area (Å²) in [6.45, 7) is 0.913. The molecule has 4 atom stereocenters. The van der Waals surface area contributed by atoms with Gasteiger partial charge >= 0.3 is 0 Å². The first-order valence-corrected chi connectivity index (χ1v) is 13.9. The van der Waals surface area contributed by atoms with E-state index >= 15 is 0 Å². The van der Waals surface area contributed by atoms with Crippen molar-refractivity contribution in [3.63, 3.8) is 0 Å². The van der Waals surface area contributed by atoms with Crippen LogP contribution in [-0.4, -0.2) is 120 Å². The third kappa shape index (κ3) is 7.67. The zero-order valence-corrected chi connectivity index (χ0v) is 22.8. The molecule has 0 saturated carbocycles. The Labute approximate surface area is 233 Å². The molecule has 40 heavy (non-hydrogen) atoms. The largest absolute Gasteiger partial charge is 0.370 e. The summed E-state index contributed by atoms with van der Waals surface area (Å²) in [5.74, 6) is -2.17. The molecule has 0 aromatic carbocycles. The summed E-state index contributed by atoms with van der Waals surface area (Å²) in [5.41, 5.74) is 16.2. The first kappa shape index (κ1) is 30.8. The molecule has 222 valence electrons. The number of amides is 5. The van der Waals surface area contributed by atoms with Gasteiger partial charge in [0.15, 0.2) is 5.96 Å². The summed E-state index contributed by atoms with van der Waals surface area (Å²) in [6, 6.07) is -2.88. The smallest absolute Gasteiger partial charge is 0.245 e. The highest BCUT2D eigenvalue weighted by Gasteiger charge is 2.40. The molecule has 15 heteroatoms. The third-order valence-electron chi connectivity index (χ3n) is 7.64. The lowest BCUT2D eigenvalue weighted by molar-refractivity contribution is -0.145. The normalized spacial score (nSPS) is 23.0. The Bertz CT molecular complexity index is 1000. The van der Waals surface area contributed by atoms with Gasteiger partial charge in [-0.25, -0.2) is 0 Å². The van der Waals surface area contributed by atoms with Crippen LogP contribution in [0.5, 0.6) is 0 Å². The van der Waals surface area contributed by atoms with Gasteiger partial charge in [-0.05, 0) is 51.4 Å². The van der Waals surface area contributed by atoms with E-state index in [1.807, 2.05) is 0 Å². The average molecular weight is 564 g/mol. The number of aldehydes is 1. The fraction of sp³-hybridized carbons (Fsp3) is 0.720. The molecule has 15 nitrogen and oxygen atoms in total. The number of nitrogens with zero attached hydrogens (tertiary/aromatic N) is 4. The Morgan fingerprint density at radius 1 is 0.900 bits per heavy atom. The maximum Gasteiger partial charge on any atom is 0.245 e. The van der Waals surface area contributed by atoms with Crippen molar-refractivity contribution in [2.75, 3.05) is 39.3 Å².